The van der Waals surface area contributed by atoms with Crippen LogP contribution in [-0.4, -0.2) is 12.7 Å². The van der Waals surface area contributed by atoms with Crippen molar-refractivity contribution in [1.29, 1.82) is 5.26 Å². The predicted molar refractivity (Wildman–Crippen MR) is 53.2 cm³/mol. The van der Waals surface area contributed by atoms with E-state index >= 15 is 0 Å². The van der Waals surface area contributed by atoms with Gasteiger partial charge in [0, 0.05) is 13.0 Å². The van der Waals surface area contributed by atoms with Gasteiger partial charge in [-0.3, -0.25) is 0 Å². The van der Waals surface area contributed by atoms with E-state index in [0.29, 0.717) is 5.92 Å². The normalized spacial score (nSPS) is 27.9. The third kappa shape index (κ3) is 0.954. The van der Waals surface area contributed by atoms with Crippen molar-refractivity contribution in [2.75, 3.05) is 7.11 Å². The second-order valence-corrected chi connectivity index (χ2v) is 4.41. The van der Waals surface area contributed by atoms with Crippen molar-refractivity contribution in [2.24, 2.45) is 11.3 Å². The monoisotopic (exact) mass is 189 g/mol. The summed E-state index contributed by atoms with van der Waals surface area (Å²) in [6.07, 6.45) is 10.7. The van der Waals surface area contributed by atoms with Crippen molar-refractivity contribution < 1.29 is 4.74 Å². The Morgan fingerprint density at radius 1 is 1.50 bits per heavy atom. The molecule has 0 heterocycles. The molecule has 0 unspecified atom stereocenters. The molecule has 0 bridgehead atoms. The number of terminal acetylenes is 1. The smallest absolute Gasteiger partial charge is 0.149 e. The Balaban J connectivity index is 2.35. The molecule has 2 aliphatic rings. The Labute approximate surface area is 85.2 Å². The number of nitrogens with zero attached hydrogens (tertiary/aromatic N) is 1. The van der Waals surface area contributed by atoms with Gasteiger partial charge in [0.15, 0.2) is 0 Å². The van der Waals surface area contributed by atoms with Gasteiger partial charge < -0.3 is 4.74 Å². The first-order valence-electron chi connectivity index (χ1n) is 5.19. The molecule has 0 amide bonds. The van der Waals surface area contributed by atoms with Crippen LogP contribution in [0.2, 0.25) is 0 Å². The molecule has 2 fully saturated rings. The molecule has 2 aliphatic carbocycles. The standard InChI is InChI=1S/C12H15NO/c1-3-12(14-2,10-5-6-10)11(9-13)7-4-8-11/h1,10H,4-8H2,2H3/t12-/m1/s1. The van der Waals surface area contributed by atoms with Gasteiger partial charge in [0.2, 0.25) is 0 Å². The van der Waals surface area contributed by atoms with E-state index < -0.39 is 11.0 Å². The molecule has 1 atom stereocenters. The highest BCUT2D eigenvalue weighted by Crippen LogP contribution is 2.58. The number of rotatable bonds is 3. The molecule has 0 saturated heterocycles. The number of ether oxygens (including phenoxy) is 1. The van der Waals surface area contributed by atoms with Gasteiger partial charge in [-0.1, -0.05) is 5.92 Å². The third-order valence-corrected chi connectivity index (χ3v) is 3.82. The first-order chi connectivity index (χ1) is 6.74. The fourth-order valence-corrected chi connectivity index (χ4v) is 2.65. The zero-order chi connectivity index (χ0) is 10.2. The average molecular weight is 189 g/mol. The molecule has 14 heavy (non-hydrogen) atoms. The summed E-state index contributed by atoms with van der Waals surface area (Å²) in [5, 5.41) is 9.29. The molecular weight excluding hydrogens is 174 g/mol. The fourth-order valence-electron chi connectivity index (χ4n) is 2.65. The molecule has 2 rings (SSSR count). The van der Waals surface area contributed by atoms with Gasteiger partial charge in [-0.05, 0) is 32.1 Å². The van der Waals surface area contributed by atoms with Crippen LogP contribution in [0, 0.1) is 35.0 Å². The molecule has 0 aromatic rings. The highest BCUT2D eigenvalue weighted by molar-refractivity contribution is 5.30. The van der Waals surface area contributed by atoms with E-state index in [-0.39, 0.29) is 0 Å². The summed E-state index contributed by atoms with van der Waals surface area (Å²) in [6.45, 7) is 0. The van der Waals surface area contributed by atoms with E-state index in [2.05, 4.69) is 12.0 Å². The van der Waals surface area contributed by atoms with Gasteiger partial charge in [-0.25, -0.2) is 0 Å². The second-order valence-electron chi connectivity index (χ2n) is 4.41. The summed E-state index contributed by atoms with van der Waals surface area (Å²) >= 11 is 0. The Bertz CT molecular complexity index is 314. The van der Waals surface area contributed by atoms with E-state index in [4.69, 9.17) is 11.2 Å². The van der Waals surface area contributed by atoms with Gasteiger partial charge in [0.1, 0.15) is 5.60 Å². The van der Waals surface area contributed by atoms with E-state index in [9.17, 15) is 5.26 Å². The minimum Gasteiger partial charge on any atom is -0.364 e. The summed E-state index contributed by atoms with van der Waals surface area (Å²) < 4.78 is 5.55. The van der Waals surface area contributed by atoms with Crippen molar-refractivity contribution in [3.05, 3.63) is 0 Å². The maximum atomic E-state index is 9.29. The maximum Gasteiger partial charge on any atom is 0.149 e. The lowest BCUT2D eigenvalue weighted by molar-refractivity contribution is -0.0933. The van der Waals surface area contributed by atoms with Crippen molar-refractivity contribution in [3.8, 4) is 18.4 Å². The zero-order valence-electron chi connectivity index (χ0n) is 8.55. The molecule has 74 valence electrons. The maximum absolute atomic E-state index is 9.29. The Morgan fingerprint density at radius 2 is 2.14 bits per heavy atom. The zero-order valence-corrected chi connectivity index (χ0v) is 8.55. The highest BCUT2D eigenvalue weighted by atomic mass is 16.5. The minimum atomic E-state index is -0.597. The molecule has 2 nitrogen and oxygen atoms in total. The van der Waals surface area contributed by atoms with Crippen LogP contribution in [0.25, 0.3) is 0 Å². The minimum absolute atomic E-state index is 0.391. The van der Waals surface area contributed by atoms with Gasteiger partial charge >= 0.3 is 0 Å². The van der Waals surface area contributed by atoms with Crippen LogP contribution < -0.4 is 0 Å². The number of methoxy groups -OCH3 is 1. The average Bonchev–Trinajstić information content (AvgIpc) is 2.95. The Kier molecular flexibility index (Phi) is 2.05. The third-order valence-electron chi connectivity index (χ3n) is 3.82. The lowest BCUT2D eigenvalue weighted by Crippen LogP contribution is -2.53. The largest absolute Gasteiger partial charge is 0.364 e. The quantitative estimate of drug-likeness (QED) is 0.637. The van der Waals surface area contributed by atoms with Crippen molar-refractivity contribution >= 4 is 0 Å². The van der Waals surface area contributed by atoms with E-state index in [1.54, 1.807) is 7.11 Å². The van der Waals surface area contributed by atoms with E-state index in [1.165, 1.54) is 0 Å². The number of nitriles is 1. The van der Waals surface area contributed by atoms with Crippen LogP contribution >= 0.6 is 0 Å². The molecular formula is C12H15NO. The summed E-state index contributed by atoms with van der Waals surface area (Å²) in [7, 11) is 1.65. The molecule has 0 spiro atoms. The van der Waals surface area contributed by atoms with Crippen LogP contribution in [-0.2, 0) is 4.74 Å². The number of hydrogen-bond donors (Lipinski definition) is 0. The summed E-state index contributed by atoms with van der Waals surface area (Å²) in [5.41, 5.74) is -0.988. The van der Waals surface area contributed by atoms with Crippen LogP contribution in [0.5, 0.6) is 0 Å². The van der Waals surface area contributed by atoms with Crippen LogP contribution in [0.15, 0.2) is 0 Å². The topological polar surface area (TPSA) is 33.0 Å². The van der Waals surface area contributed by atoms with Gasteiger partial charge in [-0.15, -0.1) is 6.42 Å². The summed E-state index contributed by atoms with van der Waals surface area (Å²) in [4.78, 5) is 0. The molecule has 0 aliphatic heterocycles. The van der Waals surface area contributed by atoms with Crippen molar-refractivity contribution in [1.82, 2.24) is 0 Å². The van der Waals surface area contributed by atoms with Gasteiger partial charge in [0.25, 0.3) is 0 Å². The molecule has 2 heteroatoms. The van der Waals surface area contributed by atoms with E-state index in [1.807, 2.05) is 0 Å². The van der Waals surface area contributed by atoms with E-state index in [0.717, 1.165) is 32.1 Å². The molecule has 2 saturated carbocycles. The van der Waals surface area contributed by atoms with Crippen LogP contribution in [0.3, 0.4) is 0 Å². The van der Waals surface area contributed by atoms with Crippen LogP contribution in [0.4, 0.5) is 0 Å². The van der Waals surface area contributed by atoms with Gasteiger partial charge in [0.05, 0.1) is 11.5 Å². The predicted octanol–water partition coefficient (Wildman–Crippen LogP) is 2.11. The van der Waals surface area contributed by atoms with Gasteiger partial charge in [-0.2, -0.15) is 5.26 Å². The number of hydrogen-bond acceptors (Lipinski definition) is 2. The highest BCUT2D eigenvalue weighted by Gasteiger charge is 2.61. The van der Waals surface area contributed by atoms with Crippen molar-refractivity contribution in [2.45, 2.75) is 37.7 Å². The summed E-state index contributed by atoms with van der Waals surface area (Å²) in [6, 6.07) is 2.41. The first-order valence-corrected chi connectivity index (χ1v) is 5.19. The lowest BCUT2D eigenvalue weighted by atomic mass is 9.58. The van der Waals surface area contributed by atoms with Crippen molar-refractivity contribution in [3.63, 3.8) is 0 Å². The first kappa shape index (κ1) is 9.56. The summed E-state index contributed by atoms with van der Waals surface area (Å²) in [5.74, 6) is 3.19. The SMILES string of the molecule is C#C[C@@](OC)(C1CC1)C1(C#N)CCC1. The molecule has 0 aromatic carbocycles. The van der Waals surface area contributed by atoms with Crippen LogP contribution in [0.1, 0.15) is 32.1 Å². The lowest BCUT2D eigenvalue weighted by Gasteiger charge is -2.48. The molecule has 0 radical (unpaired) electrons. The Morgan fingerprint density at radius 3 is 2.36 bits per heavy atom. The fraction of sp³-hybridized carbons (Fsp3) is 0.750. The second kappa shape index (κ2) is 3.01. The Hall–Kier alpha value is -0.990. The molecule has 0 aromatic heterocycles. The molecule has 0 N–H and O–H groups in total.